The molecule has 4 aliphatic rings. The summed E-state index contributed by atoms with van der Waals surface area (Å²) in [6, 6.07) is 53.4. The summed E-state index contributed by atoms with van der Waals surface area (Å²) < 4.78 is 0. The van der Waals surface area contributed by atoms with Gasteiger partial charge in [0.25, 0.3) is 0 Å². The molecule has 6 aromatic rings. The Morgan fingerprint density at radius 2 is 1.15 bits per heavy atom. The number of nitrogens with zero attached hydrogens (tertiary/aromatic N) is 1. The lowest BCUT2D eigenvalue weighted by atomic mass is 9.78. The third-order valence-electron chi connectivity index (χ3n) is 14.0. The smallest absolute Gasteiger partial charge is 0.0465 e. The molecule has 0 aromatic heterocycles. The van der Waals surface area contributed by atoms with Gasteiger partial charge in [-0.15, -0.1) is 0 Å². The number of hydrogen-bond donors (Lipinski definition) is 0. The van der Waals surface area contributed by atoms with Gasteiger partial charge in [0.15, 0.2) is 0 Å². The maximum Gasteiger partial charge on any atom is 0.0465 e. The fraction of sp³-hybridized carbons (Fsp3) is 0.308. The van der Waals surface area contributed by atoms with Gasteiger partial charge in [0.2, 0.25) is 0 Å². The van der Waals surface area contributed by atoms with Crippen LogP contribution in [0.4, 0.5) is 17.1 Å². The van der Waals surface area contributed by atoms with Crippen molar-refractivity contribution in [3.63, 3.8) is 0 Å². The van der Waals surface area contributed by atoms with Gasteiger partial charge >= 0.3 is 0 Å². The van der Waals surface area contributed by atoms with Crippen LogP contribution in [-0.4, -0.2) is 0 Å². The Morgan fingerprint density at radius 1 is 0.509 bits per heavy atom. The van der Waals surface area contributed by atoms with Gasteiger partial charge in [0.05, 0.1) is 0 Å². The maximum absolute atomic E-state index is 2.52. The molecule has 0 atom stereocenters. The normalized spacial score (nSPS) is 21.4. The molecule has 1 heteroatoms. The second-order valence-corrected chi connectivity index (χ2v) is 17.2. The van der Waals surface area contributed by atoms with Gasteiger partial charge in [-0.05, 0) is 154 Å². The lowest BCUT2D eigenvalue weighted by Gasteiger charge is -2.30. The highest BCUT2D eigenvalue weighted by molar-refractivity contribution is 5.97. The summed E-state index contributed by atoms with van der Waals surface area (Å²) in [6.45, 7) is 4.84. The van der Waals surface area contributed by atoms with Crippen molar-refractivity contribution in [3.05, 3.63) is 162 Å². The molecule has 1 nitrogen and oxygen atoms in total. The summed E-state index contributed by atoms with van der Waals surface area (Å²) in [5.74, 6) is 1.65. The first-order chi connectivity index (χ1) is 26.0. The Bertz CT molecular complexity index is 2260. The van der Waals surface area contributed by atoms with Crippen LogP contribution in [-0.2, 0) is 10.8 Å². The zero-order valence-corrected chi connectivity index (χ0v) is 31.5. The molecule has 3 fully saturated rings. The Labute approximate surface area is 316 Å². The molecule has 0 aliphatic heterocycles. The Hall–Kier alpha value is -4.88. The van der Waals surface area contributed by atoms with Gasteiger partial charge < -0.3 is 4.90 Å². The van der Waals surface area contributed by atoms with Crippen molar-refractivity contribution in [2.45, 2.75) is 94.8 Å². The highest BCUT2D eigenvalue weighted by atomic mass is 15.1. The van der Waals surface area contributed by atoms with Crippen LogP contribution in [0, 0.1) is 5.92 Å². The lowest BCUT2D eigenvalue weighted by molar-refractivity contribution is 0.419. The molecule has 0 N–H and O–H groups in total. The topological polar surface area (TPSA) is 3.24 Å². The molecule has 0 radical (unpaired) electrons. The average Bonchev–Trinajstić information content (AvgIpc) is 3.91. The highest BCUT2D eigenvalue weighted by Gasteiger charge is 2.45. The SMILES string of the molecule is CC1(C)c2cc(N(c3ccc(C4CCCCC4)cc3)c3ccc(C45CCC(CC4)C5)cc3)ccc2-c2c(-c3ccccc3-c3ccccc3)cccc21. The van der Waals surface area contributed by atoms with E-state index in [2.05, 4.69) is 158 Å². The summed E-state index contributed by atoms with van der Waals surface area (Å²) in [4.78, 5) is 2.52. The molecule has 264 valence electrons. The monoisotopic (exact) mass is 689 g/mol. The molecule has 2 bridgehead atoms. The van der Waals surface area contributed by atoms with Crippen LogP contribution in [0.15, 0.2) is 140 Å². The summed E-state index contributed by atoms with van der Waals surface area (Å²) in [5, 5.41) is 0. The molecule has 0 heterocycles. The van der Waals surface area contributed by atoms with E-state index in [0.717, 1.165) is 5.92 Å². The molecular formula is C52H51N. The maximum atomic E-state index is 2.52. The van der Waals surface area contributed by atoms with E-state index in [-0.39, 0.29) is 5.41 Å². The van der Waals surface area contributed by atoms with E-state index in [4.69, 9.17) is 0 Å². The molecule has 0 spiro atoms. The third kappa shape index (κ3) is 5.50. The Kier molecular flexibility index (Phi) is 7.97. The van der Waals surface area contributed by atoms with Crippen LogP contribution >= 0.6 is 0 Å². The Balaban J connectivity index is 1.08. The van der Waals surface area contributed by atoms with Gasteiger partial charge in [0.1, 0.15) is 0 Å². The second-order valence-electron chi connectivity index (χ2n) is 17.2. The first kappa shape index (κ1) is 32.7. The van der Waals surface area contributed by atoms with E-state index in [1.54, 1.807) is 5.56 Å². The summed E-state index contributed by atoms with van der Waals surface area (Å²) in [5.41, 5.74) is 17.7. The van der Waals surface area contributed by atoms with Gasteiger partial charge in [-0.1, -0.05) is 136 Å². The first-order valence-electron chi connectivity index (χ1n) is 20.4. The molecule has 10 rings (SSSR count). The standard InChI is InChI=1S/C52H51N/c1-51(2)48-19-11-18-46(45-17-10-9-16-44(45)39-14-7-4-8-15-39)50(48)47-29-28-43(34-49(47)51)53(41-24-20-38(21-25-41)37-12-5-3-6-13-37)42-26-22-40(23-27-42)52-32-30-36(35-52)31-33-52/h4,7-11,14-29,34,36-37H,3,5-6,12-13,30-33,35H2,1-2H3. The van der Waals surface area contributed by atoms with Crippen LogP contribution in [0.3, 0.4) is 0 Å². The molecule has 6 aromatic carbocycles. The van der Waals surface area contributed by atoms with E-state index >= 15 is 0 Å². The van der Waals surface area contributed by atoms with Crippen molar-refractivity contribution in [3.8, 4) is 33.4 Å². The number of benzene rings is 6. The van der Waals surface area contributed by atoms with E-state index in [0.29, 0.717) is 11.3 Å². The number of rotatable bonds is 7. The average molecular weight is 690 g/mol. The first-order valence-corrected chi connectivity index (χ1v) is 20.4. The predicted molar refractivity (Wildman–Crippen MR) is 224 cm³/mol. The molecule has 3 saturated carbocycles. The highest BCUT2D eigenvalue weighted by Crippen LogP contribution is 2.57. The minimum atomic E-state index is -0.139. The lowest BCUT2D eigenvalue weighted by Crippen LogP contribution is -2.20. The molecule has 53 heavy (non-hydrogen) atoms. The van der Waals surface area contributed by atoms with Crippen LogP contribution in [0.5, 0.6) is 0 Å². The van der Waals surface area contributed by atoms with Gasteiger partial charge in [-0.2, -0.15) is 0 Å². The number of hydrogen-bond acceptors (Lipinski definition) is 1. The predicted octanol–water partition coefficient (Wildman–Crippen LogP) is 14.7. The van der Waals surface area contributed by atoms with Crippen molar-refractivity contribution in [1.82, 2.24) is 0 Å². The third-order valence-corrected chi connectivity index (χ3v) is 14.0. The fourth-order valence-corrected chi connectivity index (χ4v) is 11.1. The van der Waals surface area contributed by atoms with E-state index in [1.165, 1.54) is 131 Å². The summed E-state index contributed by atoms with van der Waals surface area (Å²) in [7, 11) is 0. The van der Waals surface area contributed by atoms with Crippen molar-refractivity contribution in [2.24, 2.45) is 5.92 Å². The molecule has 0 saturated heterocycles. The van der Waals surface area contributed by atoms with Crippen molar-refractivity contribution >= 4 is 17.1 Å². The molecule has 0 amide bonds. The molecule has 4 aliphatic carbocycles. The van der Waals surface area contributed by atoms with E-state index < -0.39 is 0 Å². The quantitative estimate of drug-likeness (QED) is 0.161. The zero-order valence-electron chi connectivity index (χ0n) is 31.5. The van der Waals surface area contributed by atoms with Crippen molar-refractivity contribution in [2.75, 3.05) is 4.90 Å². The molecular weight excluding hydrogens is 639 g/mol. The minimum absolute atomic E-state index is 0.139. The van der Waals surface area contributed by atoms with Crippen molar-refractivity contribution in [1.29, 1.82) is 0 Å². The summed E-state index contributed by atoms with van der Waals surface area (Å²) >= 11 is 0. The van der Waals surface area contributed by atoms with Crippen molar-refractivity contribution < 1.29 is 0 Å². The zero-order chi connectivity index (χ0) is 35.6. The Morgan fingerprint density at radius 3 is 1.85 bits per heavy atom. The van der Waals surface area contributed by atoms with Crippen LogP contribution < -0.4 is 4.90 Å². The van der Waals surface area contributed by atoms with E-state index in [1.807, 2.05) is 0 Å². The number of fused-ring (bicyclic) bond motifs is 5. The largest absolute Gasteiger partial charge is 0.310 e. The van der Waals surface area contributed by atoms with Crippen LogP contribution in [0.25, 0.3) is 33.4 Å². The van der Waals surface area contributed by atoms with Gasteiger partial charge in [-0.3, -0.25) is 0 Å². The second kappa shape index (κ2) is 12.9. The fourth-order valence-electron chi connectivity index (χ4n) is 11.1. The van der Waals surface area contributed by atoms with Gasteiger partial charge in [0, 0.05) is 22.5 Å². The van der Waals surface area contributed by atoms with Gasteiger partial charge in [-0.25, -0.2) is 0 Å². The molecule has 0 unspecified atom stereocenters. The number of anilines is 3. The van der Waals surface area contributed by atoms with Crippen LogP contribution in [0.1, 0.15) is 106 Å². The van der Waals surface area contributed by atoms with Crippen LogP contribution in [0.2, 0.25) is 0 Å². The summed E-state index contributed by atoms with van der Waals surface area (Å²) in [6.07, 6.45) is 13.7. The van der Waals surface area contributed by atoms with E-state index in [9.17, 15) is 0 Å². The minimum Gasteiger partial charge on any atom is -0.310 e.